The lowest BCUT2D eigenvalue weighted by molar-refractivity contribution is -0.360. The van der Waals surface area contributed by atoms with Gasteiger partial charge in [0.2, 0.25) is 0 Å². The molecule has 1 aliphatic rings. The van der Waals surface area contributed by atoms with Crippen LogP contribution in [-0.2, 0) is 5.11 Å². The van der Waals surface area contributed by atoms with Crippen LogP contribution in [0.1, 0.15) is 12.8 Å². The van der Waals surface area contributed by atoms with Gasteiger partial charge in [-0.1, -0.05) is 29.5 Å². The van der Waals surface area contributed by atoms with Crippen molar-refractivity contribution in [2.24, 2.45) is 0 Å². The Morgan fingerprint density at radius 1 is 1.03 bits per heavy atom. The van der Waals surface area contributed by atoms with Crippen LogP contribution in [0.5, 0.6) is 11.5 Å². The maximum atomic E-state index is 13.3. The predicted octanol–water partition coefficient (Wildman–Crippen LogP) is 6.05. The number of alkyl halides is 5. The third-order valence-electron chi connectivity index (χ3n) is 4.95. The van der Waals surface area contributed by atoms with Gasteiger partial charge >= 0.3 is 12.3 Å². The van der Waals surface area contributed by atoms with Gasteiger partial charge < -0.3 is 15.0 Å². The number of nitrogens with zero attached hydrogens (tertiary/aromatic N) is 2. The van der Waals surface area contributed by atoms with Crippen molar-refractivity contribution in [1.29, 1.82) is 0 Å². The Kier molecular flexibility index (Phi) is 5.54. The Hall–Kier alpha value is -2.82. The van der Waals surface area contributed by atoms with E-state index in [0.717, 1.165) is 11.2 Å². The molecule has 1 N–H and O–H groups in total. The van der Waals surface area contributed by atoms with Crippen molar-refractivity contribution in [2.45, 2.75) is 31.2 Å². The van der Waals surface area contributed by atoms with Gasteiger partial charge in [-0.05, 0) is 37.1 Å². The number of piperidine rings is 1. The van der Waals surface area contributed by atoms with Gasteiger partial charge in [0.05, 0.1) is 11.2 Å². The third-order valence-corrected chi connectivity index (χ3v) is 6.09. The number of thiazole rings is 1. The fraction of sp³-hybridized carbons (Fsp3) is 0.350. The van der Waals surface area contributed by atoms with Crippen molar-refractivity contribution >= 4 is 32.4 Å². The summed E-state index contributed by atoms with van der Waals surface area (Å²) in [4.78, 5) is 6.53. The molecule has 3 aromatic rings. The molecule has 1 fully saturated rings. The summed E-state index contributed by atoms with van der Waals surface area (Å²) in [6.07, 6.45) is -9.90. The number of nitrogens with one attached hydrogen (secondary N) is 1. The van der Waals surface area contributed by atoms with E-state index in [1.54, 1.807) is 12.1 Å². The molecular weight excluding hydrogens is 441 g/mol. The summed E-state index contributed by atoms with van der Waals surface area (Å²) < 4.78 is 68.7. The second-order valence-electron chi connectivity index (χ2n) is 7.12. The van der Waals surface area contributed by atoms with Gasteiger partial charge in [-0.3, -0.25) is 5.11 Å². The number of para-hydroxylation sites is 2. The zero-order valence-corrected chi connectivity index (χ0v) is 16.8. The summed E-state index contributed by atoms with van der Waals surface area (Å²) in [5.74, 6) is -0.647. The topological polar surface area (TPSA) is 57.3 Å². The van der Waals surface area contributed by atoms with Crippen molar-refractivity contribution < 1.29 is 31.8 Å². The summed E-state index contributed by atoms with van der Waals surface area (Å²) in [5.41, 5.74) is 0.713. The SMILES string of the molecule is [O]c1cccc2nc(N3CCC(Nc4ccccc4OC(F)(F)C(F)(F)F)CC3)sc12. The molecule has 11 heteroatoms. The van der Waals surface area contributed by atoms with Crippen molar-refractivity contribution in [3.63, 3.8) is 0 Å². The Bertz CT molecular complexity index is 1060. The van der Waals surface area contributed by atoms with E-state index in [0.29, 0.717) is 36.1 Å². The fourth-order valence-corrected chi connectivity index (χ4v) is 4.38. The molecule has 1 radical (unpaired) electrons. The molecule has 2 heterocycles. The van der Waals surface area contributed by atoms with Crippen LogP contribution < -0.4 is 15.0 Å². The van der Waals surface area contributed by atoms with Gasteiger partial charge in [0.1, 0.15) is 10.4 Å². The van der Waals surface area contributed by atoms with Crippen LogP contribution in [-0.4, -0.2) is 36.4 Å². The van der Waals surface area contributed by atoms with Crippen molar-refractivity contribution in [3.8, 4) is 11.5 Å². The first kappa shape index (κ1) is 21.4. The van der Waals surface area contributed by atoms with E-state index in [9.17, 15) is 27.1 Å². The summed E-state index contributed by atoms with van der Waals surface area (Å²) in [7, 11) is 0. The van der Waals surface area contributed by atoms with Crippen LogP contribution in [0.25, 0.3) is 10.2 Å². The minimum atomic E-state index is -5.81. The van der Waals surface area contributed by atoms with E-state index in [-0.39, 0.29) is 17.5 Å². The van der Waals surface area contributed by atoms with Gasteiger partial charge in [0, 0.05) is 19.1 Å². The van der Waals surface area contributed by atoms with Gasteiger partial charge in [-0.15, -0.1) is 0 Å². The van der Waals surface area contributed by atoms with Crippen LogP contribution >= 0.6 is 11.3 Å². The monoisotopic (exact) mass is 458 g/mol. The number of halogens is 5. The standard InChI is InChI=1S/C20H17F5N3O2S/c21-19(22,23)20(24,25)30-16-7-2-1-4-13(16)26-12-8-10-28(11-9-12)18-27-14-5-3-6-15(29)17(14)31-18/h1-7,12,26H,8-11H2. The maximum absolute atomic E-state index is 13.3. The Balaban J connectivity index is 1.42. The molecule has 1 aromatic heterocycles. The molecule has 2 aromatic carbocycles. The van der Waals surface area contributed by atoms with Crippen LogP contribution in [0.4, 0.5) is 32.8 Å². The summed E-state index contributed by atoms with van der Waals surface area (Å²) in [5, 5.41) is 15.7. The highest BCUT2D eigenvalue weighted by Crippen LogP contribution is 2.40. The molecule has 0 aliphatic carbocycles. The lowest BCUT2D eigenvalue weighted by atomic mass is 10.0. The van der Waals surface area contributed by atoms with Crippen molar-refractivity contribution in [1.82, 2.24) is 4.98 Å². The van der Waals surface area contributed by atoms with Crippen molar-refractivity contribution in [3.05, 3.63) is 42.5 Å². The molecule has 0 amide bonds. The molecule has 0 bridgehead atoms. The van der Waals surface area contributed by atoms with Gasteiger partial charge in [0.25, 0.3) is 0 Å². The lowest BCUT2D eigenvalue weighted by Crippen LogP contribution is -2.42. The number of ether oxygens (including phenoxy) is 1. The summed E-state index contributed by atoms with van der Waals surface area (Å²) in [6, 6.07) is 10.1. The fourth-order valence-electron chi connectivity index (χ4n) is 3.35. The predicted molar refractivity (Wildman–Crippen MR) is 107 cm³/mol. The zero-order valence-electron chi connectivity index (χ0n) is 16.0. The van der Waals surface area contributed by atoms with E-state index in [1.807, 2.05) is 4.90 Å². The highest BCUT2D eigenvalue weighted by atomic mass is 32.1. The number of anilines is 2. The molecule has 0 saturated carbocycles. The van der Waals surface area contributed by atoms with Gasteiger partial charge in [-0.2, -0.15) is 22.0 Å². The van der Waals surface area contributed by atoms with Gasteiger partial charge in [0.15, 0.2) is 10.9 Å². The molecule has 5 nitrogen and oxygen atoms in total. The van der Waals surface area contributed by atoms with Crippen molar-refractivity contribution in [2.75, 3.05) is 23.3 Å². The summed E-state index contributed by atoms with van der Waals surface area (Å²) in [6.45, 7) is 1.18. The maximum Gasteiger partial charge on any atom is 0.499 e. The minimum absolute atomic E-state index is 0.0702. The first-order chi connectivity index (χ1) is 14.6. The number of aromatic nitrogens is 1. The number of hydrogen-bond donors (Lipinski definition) is 1. The highest BCUT2D eigenvalue weighted by Gasteiger charge is 2.61. The molecule has 1 saturated heterocycles. The first-order valence-corrected chi connectivity index (χ1v) is 10.3. The second-order valence-corrected chi connectivity index (χ2v) is 8.10. The normalized spacial score (nSPS) is 16.0. The minimum Gasteiger partial charge on any atom is -0.424 e. The average Bonchev–Trinajstić information content (AvgIpc) is 3.15. The number of benzene rings is 2. The average molecular weight is 458 g/mol. The molecule has 0 atom stereocenters. The van der Waals surface area contributed by atoms with E-state index in [1.165, 1.54) is 35.6 Å². The number of hydrogen-bond acceptors (Lipinski definition) is 5. The quantitative estimate of drug-likeness (QED) is 0.473. The lowest BCUT2D eigenvalue weighted by Gasteiger charge is -2.33. The van der Waals surface area contributed by atoms with E-state index < -0.39 is 18.0 Å². The Labute approximate surface area is 178 Å². The summed E-state index contributed by atoms with van der Waals surface area (Å²) >= 11 is 1.32. The molecule has 0 spiro atoms. The Morgan fingerprint density at radius 3 is 2.42 bits per heavy atom. The van der Waals surface area contributed by atoms with Crippen LogP contribution in [0.15, 0.2) is 42.5 Å². The zero-order chi connectivity index (χ0) is 22.2. The van der Waals surface area contributed by atoms with E-state index >= 15 is 0 Å². The molecular formula is C20H17F5N3O2S. The molecule has 31 heavy (non-hydrogen) atoms. The third kappa shape index (κ3) is 4.46. The number of fused-ring (bicyclic) bond motifs is 1. The number of rotatable bonds is 5. The van der Waals surface area contributed by atoms with E-state index in [4.69, 9.17) is 0 Å². The smallest absolute Gasteiger partial charge is 0.424 e. The first-order valence-electron chi connectivity index (χ1n) is 9.45. The van der Waals surface area contributed by atoms with Crippen LogP contribution in [0, 0.1) is 0 Å². The molecule has 1 aliphatic heterocycles. The molecule has 0 unspecified atom stereocenters. The second kappa shape index (κ2) is 8.03. The van der Waals surface area contributed by atoms with E-state index in [2.05, 4.69) is 15.0 Å². The molecule has 4 rings (SSSR count). The largest absolute Gasteiger partial charge is 0.499 e. The van der Waals surface area contributed by atoms with Crippen LogP contribution in [0.2, 0.25) is 0 Å². The Morgan fingerprint density at radius 2 is 1.74 bits per heavy atom. The molecule has 165 valence electrons. The highest BCUT2D eigenvalue weighted by molar-refractivity contribution is 7.22. The van der Waals surface area contributed by atoms with Gasteiger partial charge in [-0.25, -0.2) is 4.98 Å². The van der Waals surface area contributed by atoms with Crippen LogP contribution in [0.3, 0.4) is 0 Å².